The van der Waals surface area contributed by atoms with Gasteiger partial charge in [-0.3, -0.25) is 14.9 Å². The number of carbonyl (C=O) groups excluding carboxylic acids is 1. The van der Waals surface area contributed by atoms with E-state index in [9.17, 15) is 14.9 Å². The van der Waals surface area contributed by atoms with Crippen LogP contribution in [0, 0.1) is 21.4 Å². The first-order valence-corrected chi connectivity index (χ1v) is 8.56. The number of nitro groups is 1. The minimum atomic E-state index is -0.606. The van der Waals surface area contributed by atoms with Crippen molar-refractivity contribution in [3.05, 3.63) is 74.3 Å². The summed E-state index contributed by atoms with van der Waals surface area (Å²) in [7, 11) is 3.77. The van der Waals surface area contributed by atoms with E-state index in [1.807, 2.05) is 25.1 Å². The Bertz CT molecular complexity index is 876. The Morgan fingerprint density at radius 3 is 2.41 bits per heavy atom. The van der Waals surface area contributed by atoms with Gasteiger partial charge in [-0.15, -0.1) is 0 Å². The summed E-state index contributed by atoms with van der Waals surface area (Å²) in [6.45, 7) is 1.27. The molecule has 0 atom stereocenters. The molecule has 0 unspecified atom stereocenters. The van der Waals surface area contributed by atoms with Gasteiger partial charge in [0.25, 0.3) is 11.6 Å². The van der Waals surface area contributed by atoms with Crippen LogP contribution in [0.15, 0.2) is 42.5 Å². The number of hydrogen-bond donors (Lipinski definition) is 0. The van der Waals surface area contributed by atoms with E-state index in [0.29, 0.717) is 18.7 Å². The van der Waals surface area contributed by atoms with Crippen LogP contribution in [0.25, 0.3) is 0 Å². The highest BCUT2D eigenvalue weighted by atomic mass is 35.5. The van der Waals surface area contributed by atoms with Crippen molar-refractivity contribution in [2.75, 3.05) is 27.2 Å². The number of likely N-dealkylation sites (N-methyl/N-ethyl adjacent to an activating group) is 1. The number of benzene rings is 2. The zero-order valence-electron chi connectivity index (χ0n) is 15.1. The van der Waals surface area contributed by atoms with Gasteiger partial charge in [0, 0.05) is 30.7 Å². The summed E-state index contributed by atoms with van der Waals surface area (Å²) in [5.41, 5.74) is 1.04. The van der Waals surface area contributed by atoms with Crippen molar-refractivity contribution in [2.45, 2.75) is 6.54 Å². The SMILES string of the molecule is CN(C)CCN(Cc1ccc(C#N)cc1)C(=O)c1ccc(Cl)cc1[N+](=O)[O-]. The molecule has 1 amide bonds. The molecular formula is C19H19ClN4O3. The van der Waals surface area contributed by atoms with Gasteiger partial charge in [0.05, 0.1) is 16.6 Å². The molecule has 0 N–H and O–H groups in total. The number of nitriles is 1. The van der Waals surface area contributed by atoms with Crippen molar-refractivity contribution < 1.29 is 9.72 Å². The average molecular weight is 387 g/mol. The summed E-state index contributed by atoms with van der Waals surface area (Å²) >= 11 is 5.84. The summed E-state index contributed by atoms with van der Waals surface area (Å²) in [5.74, 6) is -0.440. The molecule has 0 saturated heterocycles. The maximum Gasteiger partial charge on any atom is 0.283 e. The number of hydrogen-bond acceptors (Lipinski definition) is 5. The number of carbonyl (C=O) groups is 1. The molecule has 7 nitrogen and oxygen atoms in total. The van der Waals surface area contributed by atoms with Crippen molar-refractivity contribution in [2.24, 2.45) is 0 Å². The van der Waals surface area contributed by atoms with E-state index in [0.717, 1.165) is 5.56 Å². The van der Waals surface area contributed by atoms with Gasteiger partial charge in [0.2, 0.25) is 0 Å². The van der Waals surface area contributed by atoms with E-state index in [1.54, 1.807) is 29.2 Å². The Balaban J connectivity index is 2.33. The average Bonchev–Trinajstić information content (AvgIpc) is 2.64. The van der Waals surface area contributed by atoms with Crippen LogP contribution in [0.1, 0.15) is 21.5 Å². The van der Waals surface area contributed by atoms with Crippen LogP contribution in [0.2, 0.25) is 5.02 Å². The van der Waals surface area contributed by atoms with Gasteiger partial charge >= 0.3 is 0 Å². The van der Waals surface area contributed by atoms with Crippen molar-refractivity contribution >= 4 is 23.2 Å². The van der Waals surface area contributed by atoms with Crippen LogP contribution in [-0.4, -0.2) is 47.8 Å². The fourth-order valence-corrected chi connectivity index (χ4v) is 2.65. The number of rotatable bonds is 7. The van der Waals surface area contributed by atoms with E-state index in [2.05, 4.69) is 0 Å². The largest absolute Gasteiger partial charge is 0.333 e. The van der Waals surface area contributed by atoms with Gasteiger partial charge in [-0.25, -0.2) is 0 Å². The summed E-state index contributed by atoms with van der Waals surface area (Å²) in [6, 6.07) is 13.0. The third kappa shape index (κ3) is 5.51. The van der Waals surface area contributed by atoms with Crippen molar-refractivity contribution in [1.82, 2.24) is 9.80 Å². The molecule has 0 bridgehead atoms. The van der Waals surface area contributed by atoms with Gasteiger partial charge in [-0.1, -0.05) is 23.7 Å². The van der Waals surface area contributed by atoms with Gasteiger partial charge in [0.1, 0.15) is 5.56 Å². The lowest BCUT2D eigenvalue weighted by atomic mass is 10.1. The smallest absolute Gasteiger partial charge is 0.283 e. The van der Waals surface area contributed by atoms with Gasteiger partial charge in [-0.2, -0.15) is 5.26 Å². The molecule has 2 rings (SSSR count). The standard InChI is InChI=1S/C19H19ClN4O3/c1-22(2)9-10-23(13-15-5-3-14(12-21)4-6-15)19(25)17-8-7-16(20)11-18(17)24(26)27/h3-8,11H,9-10,13H2,1-2H3. The lowest BCUT2D eigenvalue weighted by Crippen LogP contribution is -2.36. The quantitative estimate of drug-likeness (QED) is 0.537. The van der Waals surface area contributed by atoms with E-state index in [-0.39, 0.29) is 22.8 Å². The van der Waals surface area contributed by atoms with Crippen LogP contribution in [0.3, 0.4) is 0 Å². The summed E-state index contributed by atoms with van der Waals surface area (Å²) in [4.78, 5) is 27.2. The molecule has 0 heterocycles. The van der Waals surface area contributed by atoms with Crippen molar-refractivity contribution in [1.29, 1.82) is 5.26 Å². The van der Waals surface area contributed by atoms with E-state index < -0.39 is 10.8 Å². The lowest BCUT2D eigenvalue weighted by molar-refractivity contribution is -0.385. The minimum absolute atomic E-state index is 0.00296. The monoisotopic (exact) mass is 386 g/mol. The molecule has 0 aliphatic rings. The predicted molar refractivity (Wildman–Crippen MR) is 103 cm³/mol. The second-order valence-corrected chi connectivity index (χ2v) is 6.69. The Hall–Kier alpha value is -2.95. The molecule has 0 saturated carbocycles. The van der Waals surface area contributed by atoms with Gasteiger partial charge in [0.15, 0.2) is 0 Å². The first kappa shape index (κ1) is 20.4. The molecule has 0 aliphatic heterocycles. The second kappa shape index (κ2) is 9.12. The highest BCUT2D eigenvalue weighted by Crippen LogP contribution is 2.25. The lowest BCUT2D eigenvalue weighted by Gasteiger charge is -2.24. The molecule has 0 aromatic heterocycles. The summed E-state index contributed by atoms with van der Waals surface area (Å²) in [6.07, 6.45) is 0. The summed E-state index contributed by atoms with van der Waals surface area (Å²) < 4.78 is 0. The molecule has 8 heteroatoms. The Labute approximate surface area is 162 Å². The van der Waals surface area contributed by atoms with Crippen LogP contribution < -0.4 is 0 Å². The van der Waals surface area contributed by atoms with Crippen LogP contribution >= 0.6 is 11.6 Å². The molecule has 2 aromatic rings. The topological polar surface area (TPSA) is 90.5 Å². The highest BCUT2D eigenvalue weighted by Gasteiger charge is 2.25. The normalized spacial score (nSPS) is 10.5. The summed E-state index contributed by atoms with van der Waals surface area (Å²) in [5, 5.41) is 20.4. The van der Waals surface area contributed by atoms with Gasteiger partial charge < -0.3 is 9.80 Å². The molecular weight excluding hydrogens is 368 g/mol. The zero-order valence-corrected chi connectivity index (χ0v) is 15.8. The first-order valence-electron chi connectivity index (χ1n) is 8.19. The molecule has 140 valence electrons. The Morgan fingerprint density at radius 2 is 1.85 bits per heavy atom. The van der Waals surface area contributed by atoms with E-state index >= 15 is 0 Å². The van der Waals surface area contributed by atoms with Crippen LogP contribution in [0.4, 0.5) is 5.69 Å². The molecule has 0 radical (unpaired) electrons. The fraction of sp³-hybridized carbons (Fsp3) is 0.263. The molecule has 0 spiro atoms. The predicted octanol–water partition coefficient (Wildman–Crippen LogP) is 3.32. The number of nitro benzene ring substituents is 1. The number of halogens is 1. The number of nitrogens with zero attached hydrogens (tertiary/aromatic N) is 4. The van der Waals surface area contributed by atoms with Crippen LogP contribution in [0.5, 0.6) is 0 Å². The molecule has 2 aromatic carbocycles. The van der Waals surface area contributed by atoms with Crippen molar-refractivity contribution in [3.8, 4) is 6.07 Å². The van der Waals surface area contributed by atoms with E-state index in [1.165, 1.54) is 18.2 Å². The molecule has 0 fully saturated rings. The maximum atomic E-state index is 13.0. The highest BCUT2D eigenvalue weighted by molar-refractivity contribution is 6.31. The molecule has 27 heavy (non-hydrogen) atoms. The third-order valence-electron chi connectivity index (χ3n) is 3.95. The zero-order chi connectivity index (χ0) is 20.0. The third-order valence-corrected chi connectivity index (χ3v) is 4.18. The first-order chi connectivity index (χ1) is 12.8. The maximum absolute atomic E-state index is 13.0. The number of amides is 1. The van der Waals surface area contributed by atoms with Crippen molar-refractivity contribution in [3.63, 3.8) is 0 Å². The Morgan fingerprint density at radius 1 is 1.19 bits per heavy atom. The fourth-order valence-electron chi connectivity index (χ4n) is 2.49. The van der Waals surface area contributed by atoms with Crippen LogP contribution in [-0.2, 0) is 6.54 Å². The van der Waals surface area contributed by atoms with Gasteiger partial charge in [-0.05, 0) is 43.9 Å². The Kier molecular flexibility index (Phi) is 6.88. The van der Waals surface area contributed by atoms with E-state index in [4.69, 9.17) is 16.9 Å². The molecule has 0 aliphatic carbocycles. The second-order valence-electron chi connectivity index (χ2n) is 6.26. The minimum Gasteiger partial charge on any atom is -0.333 e.